The highest BCUT2D eigenvalue weighted by atomic mass is 16.5. The summed E-state index contributed by atoms with van der Waals surface area (Å²) in [6.45, 7) is 2.43. The van der Waals surface area contributed by atoms with Gasteiger partial charge in [0.25, 0.3) is 0 Å². The molecule has 1 aromatic carbocycles. The van der Waals surface area contributed by atoms with Crippen molar-refractivity contribution in [2.45, 2.75) is 57.6 Å². The number of hydrogen-bond donors (Lipinski definition) is 2. The van der Waals surface area contributed by atoms with Gasteiger partial charge in [-0.3, -0.25) is 0 Å². The zero-order valence-electron chi connectivity index (χ0n) is 12.4. The lowest BCUT2D eigenvalue weighted by Gasteiger charge is -2.19. The summed E-state index contributed by atoms with van der Waals surface area (Å²) in [7, 11) is 0. The first-order chi connectivity index (χ1) is 9.70. The van der Waals surface area contributed by atoms with E-state index in [0.29, 0.717) is 12.5 Å². The fourth-order valence-electron chi connectivity index (χ4n) is 3.02. The summed E-state index contributed by atoms with van der Waals surface area (Å²) in [4.78, 5) is 0. The van der Waals surface area contributed by atoms with Crippen LogP contribution in [0.5, 0.6) is 5.75 Å². The van der Waals surface area contributed by atoms with Crippen LogP contribution in [0.2, 0.25) is 0 Å². The van der Waals surface area contributed by atoms with Crippen molar-refractivity contribution in [1.29, 1.82) is 0 Å². The van der Waals surface area contributed by atoms with E-state index in [1.54, 1.807) is 0 Å². The molecular weight excluding hydrogens is 250 g/mol. The van der Waals surface area contributed by atoms with Gasteiger partial charge in [-0.25, -0.2) is 0 Å². The van der Waals surface area contributed by atoms with E-state index in [-0.39, 0.29) is 12.1 Å². The molecule has 20 heavy (non-hydrogen) atoms. The third-order valence-corrected chi connectivity index (χ3v) is 4.27. The highest BCUT2D eigenvalue weighted by Crippen LogP contribution is 2.29. The predicted molar refractivity (Wildman–Crippen MR) is 81.7 cm³/mol. The van der Waals surface area contributed by atoms with Gasteiger partial charge >= 0.3 is 0 Å². The van der Waals surface area contributed by atoms with Gasteiger partial charge in [-0.1, -0.05) is 50.8 Å². The normalized spacial score (nSPS) is 18.9. The second kappa shape index (κ2) is 7.65. The second-order valence-electron chi connectivity index (χ2n) is 5.90. The Morgan fingerprint density at radius 3 is 2.70 bits per heavy atom. The van der Waals surface area contributed by atoms with E-state index in [9.17, 15) is 5.11 Å². The molecule has 1 aliphatic rings. The molecule has 0 heterocycles. The lowest BCUT2D eigenvalue weighted by Crippen LogP contribution is -2.21. The molecule has 3 N–H and O–H groups in total. The second-order valence-corrected chi connectivity index (χ2v) is 5.90. The highest BCUT2D eigenvalue weighted by Gasteiger charge is 2.19. The minimum absolute atomic E-state index is 0.00169. The molecule has 2 atom stereocenters. The molecule has 1 aliphatic carbocycles. The number of benzene rings is 1. The first-order valence-corrected chi connectivity index (χ1v) is 7.86. The van der Waals surface area contributed by atoms with Crippen LogP contribution in [0.25, 0.3) is 0 Å². The lowest BCUT2D eigenvalue weighted by atomic mass is 10.0. The van der Waals surface area contributed by atoms with Gasteiger partial charge in [0.1, 0.15) is 12.4 Å². The summed E-state index contributed by atoms with van der Waals surface area (Å²) in [6.07, 6.45) is 6.51. The number of rotatable bonds is 7. The van der Waals surface area contributed by atoms with Crippen molar-refractivity contribution in [3.63, 3.8) is 0 Å². The molecule has 0 aliphatic heterocycles. The molecule has 0 spiro atoms. The molecule has 0 bridgehead atoms. The molecule has 1 aromatic rings. The van der Waals surface area contributed by atoms with Crippen molar-refractivity contribution in [3.8, 4) is 5.75 Å². The van der Waals surface area contributed by atoms with Crippen LogP contribution < -0.4 is 10.5 Å². The van der Waals surface area contributed by atoms with Crippen LogP contribution in [0.4, 0.5) is 0 Å². The Morgan fingerprint density at radius 2 is 2.00 bits per heavy atom. The number of aliphatic hydroxyl groups excluding tert-OH is 1. The number of nitrogens with two attached hydrogens (primary N) is 1. The minimum Gasteiger partial charge on any atom is -0.491 e. The van der Waals surface area contributed by atoms with Gasteiger partial charge in [-0.15, -0.1) is 0 Å². The van der Waals surface area contributed by atoms with E-state index in [0.717, 1.165) is 24.2 Å². The molecule has 2 rings (SSSR count). The van der Waals surface area contributed by atoms with Gasteiger partial charge in [0.05, 0.1) is 6.10 Å². The fourth-order valence-corrected chi connectivity index (χ4v) is 3.02. The van der Waals surface area contributed by atoms with Crippen molar-refractivity contribution in [3.05, 3.63) is 29.8 Å². The fraction of sp³-hybridized carbons (Fsp3) is 0.647. The zero-order valence-corrected chi connectivity index (χ0v) is 12.4. The Balaban J connectivity index is 1.86. The SMILES string of the molecule is CC[C@@H](N)c1ccccc1OCC(O)CC1CCCC1. The maximum Gasteiger partial charge on any atom is 0.124 e. The van der Waals surface area contributed by atoms with Gasteiger partial charge in [0.2, 0.25) is 0 Å². The molecule has 1 saturated carbocycles. The quantitative estimate of drug-likeness (QED) is 0.803. The first kappa shape index (κ1) is 15.3. The number of para-hydroxylation sites is 1. The highest BCUT2D eigenvalue weighted by molar-refractivity contribution is 5.35. The monoisotopic (exact) mass is 277 g/mol. The molecule has 0 aromatic heterocycles. The molecule has 0 radical (unpaired) electrons. The molecule has 3 heteroatoms. The van der Waals surface area contributed by atoms with Crippen LogP contribution in [0.1, 0.15) is 57.1 Å². The average Bonchev–Trinajstić information content (AvgIpc) is 2.97. The summed E-state index contributed by atoms with van der Waals surface area (Å²) in [5, 5.41) is 10.1. The van der Waals surface area contributed by atoms with Crippen LogP contribution in [0, 0.1) is 5.92 Å². The van der Waals surface area contributed by atoms with Crippen molar-refractivity contribution >= 4 is 0 Å². The van der Waals surface area contributed by atoms with Gasteiger partial charge in [0, 0.05) is 11.6 Å². The molecule has 1 unspecified atom stereocenters. The van der Waals surface area contributed by atoms with Crippen molar-refractivity contribution in [1.82, 2.24) is 0 Å². The van der Waals surface area contributed by atoms with E-state index in [4.69, 9.17) is 10.5 Å². The van der Waals surface area contributed by atoms with E-state index in [1.165, 1.54) is 25.7 Å². The van der Waals surface area contributed by atoms with Crippen LogP contribution in [-0.2, 0) is 0 Å². The molecule has 0 amide bonds. The van der Waals surface area contributed by atoms with Crippen LogP contribution >= 0.6 is 0 Å². The maximum atomic E-state index is 10.1. The summed E-state index contributed by atoms with van der Waals surface area (Å²) < 4.78 is 5.80. The van der Waals surface area contributed by atoms with E-state index in [2.05, 4.69) is 6.92 Å². The Morgan fingerprint density at radius 1 is 1.30 bits per heavy atom. The molecule has 3 nitrogen and oxygen atoms in total. The zero-order chi connectivity index (χ0) is 14.4. The van der Waals surface area contributed by atoms with Crippen molar-refractivity contribution in [2.75, 3.05) is 6.61 Å². The maximum absolute atomic E-state index is 10.1. The van der Waals surface area contributed by atoms with Gasteiger partial charge in [-0.2, -0.15) is 0 Å². The van der Waals surface area contributed by atoms with E-state index >= 15 is 0 Å². The van der Waals surface area contributed by atoms with E-state index in [1.807, 2.05) is 24.3 Å². The minimum atomic E-state index is -0.371. The van der Waals surface area contributed by atoms with Crippen LogP contribution in [0.3, 0.4) is 0 Å². The number of ether oxygens (including phenoxy) is 1. The average molecular weight is 277 g/mol. The Labute approximate surface area is 122 Å². The van der Waals surface area contributed by atoms with Gasteiger partial charge < -0.3 is 15.6 Å². The Hall–Kier alpha value is -1.06. The third kappa shape index (κ3) is 4.22. The molecule has 1 fully saturated rings. The van der Waals surface area contributed by atoms with Crippen LogP contribution in [-0.4, -0.2) is 17.8 Å². The van der Waals surface area contributed by atoms with Crippen molar-refractivity contribution < 1.29 is 9.84 Å². The standard InChI is InChI=1S/C17H27NO2/c1-2-16(18)15-9-5-6-10-17(15)20-12-14(19)11-13-7-3-4-8-13/h5-6,9-10,13-14,16,19H,2-4,7-8,11-12,18H2,1H3/t14?,16-/m1/s1. The van der Waals surface area contributed by atoms with Gasteiger partial charge in [0.15, 0.2) is 0 Å². The summed E-state index contributed by atoms with van der Waals surface area (Å²) in [5.41, 5.74) is 7.12. The molecule has 0 saturated heterocycles. The van der Waals surface area contributed by atoms with Crippen LogP contribution in [0.15, 0.2) is 24.3 Å². The summed E-state index contributed by atoms with van der Waals surface area (Å²) in [5.74, 6) is 1.49. The number of hydrogen-bond acceptors (Lipinski definition) is 3. The molecule has 112 valence electrons. The molecular formula is C17H27NO2. The topological polar surface area (TPSA) is 55.5 Å². The Kier molecular flexibility index (Phi) is 5.86. The largest absolute Gasteiger partial charge is 0.491 e. The first-order valence-electron chi connectivity index (χ1n) is 7.86. The summed E-state index contributed by atoms with van der Waals surface area (Å²) >= 11 is 0. The Bertz CT molecular complexity index is 402. The lowest BCUT2D eigenvalue weighted by molar-refractivity contribution is 0.0849. The smallest absolute Gasteiger partial charge is 0.124 e. The predicted octanol–water partition coefficient (Wildman–Crippen LogP) is 3.42. The summed E-state index contributed by atoms with van der Waals surface area (Å²) in [6, 6.07) is 7.87. The van der Waals surface area contributed by atoms with Crippen molar-refractivity contribution in [2.24, 2.45) is 11.7 Å². The van der Waals surface area contributed by atoms with Gasteiger partial charge in [-0.05, 0) is 24.8 Å². The van der Waals surface area contributed by atoms with E-state index < -0.39 is 0 Å². The number of aliphatic hydroxyl groups is 1. The third-order valence-electron chi connectivity index (χ3n) is 4.27.